The first-order chi connectivity index (χ1) is 9.02. The average Bonchev–Trinajstić information content (AvgIpc) is 2.38. The summed E-state index contributed by atoms with van der Waals surface area (Å²) in [7, 11) is 1.65. The van der Waals surface area contributed by atoms with Crippen LogP contribution in [0.3, 0.4) is 0 Å². The number of ether oxygens (including phenoxy) is 1. The molecule has 1 unspecified atom stereocenters. The summed E-state index contributed by atoms with van der Waals surface area (Å²) in [5.74, 6) is -0.0102. The number of hydrogen-bond acceptors (Lipinski definition) is 3. The lowest BCUT2D eigenvalue weighted by molar-refractivity contribution is -0.0107. The molecule has 1 amide bonds. The Bertz CT molecular complexity index is 439. The summed E-state index contributed by atoms with van der Waals surface area (Å²) in [6.45, 7) is 3.46. The van der Waals surface area contributed by atoms with Gasteiger partial charge in [0.15, 0.2) is 0 Å². The molecule has 1 saturated heterocycles. The van der Waals surface area contributed by atoms with Gasteiger partial charge in [-0.25, -0.2) is 0 Å². The SMILES string of the molecule is COCc1ccc(C(=O)N2CCCC(C)(O)C2)cc1. The number of methoxy groups -OCH3 is 1. The van der Waals surface area contributed by atoms with Gasteiger partial charge in [0.05, 0.1) is 12.2 Å². The molecule has 1 aliphatic heterocycles. The predicted octanol–water partition coefficient (Wildman–Crippen LogP) is 1.82. The Morgan fingerprint density at radius 2 is 2.11 bits per heavy atom. The van der Waals surface area contributed by atoms with Crippen LogP contribution >= 0.6 is 0 Å². The normalized spacial score (nSPS) is 23.4. The molecule has 0 radical (unpaired) electrons. The summed E-state index contributed by atoms with van der Waals surface area (Å²) in [6, 6.07) is 7.44. The van der Waals surface area contributed by atoms with Crippen molar-refractivity contribution in [2.24, 2.45) is 0 Å². The molecule has 4 heteroatoms. The fourth-order valence-electron chi connectivity index (χ4n) is 2.49. The van der Waals surface area contributed by atoms with E-state index in [-0.39, 0.29) is 5.91 Å². The molecule has 1 aromatic carbocycles. The van der Waals surface area contributed by atoms with Crippen LogP contribution in [0.5, 0.6) is 0 Å². The Hall–Kier alpha value is -1.39. The van der Waals surface area contributed by atoms with Crippen molar-refractivity contribution in [3.05, 3.63) is 35.4 Å². The Morgan fingerprint density at radius 3 is 2.68 bits per heavy atom. The third kappa shape index (κ3) is 3.55. The predicted molar refractivity (Wildman–Crippen MR) is 72.9 cm³/mol. The number of aliphatic hydroxyl groups is 1. The summed E-state index contributed by atoms with van der Waals surface area (Å²) in [5.41, 5.74) is 0.950. The van der Waals surface area contributed by atoms with Crippen molar-refractivity contribution in [1.29, 1.82) is 0 Å². The van der Waals surface area contributed by atoms with Crippen molar-refractivity contribution < 1.29 is 14.6 Å². The van der Waals surface area contributed by atoms with Gasteiger partial charge in [-0.2, -0.15) is 0 Å². The maximum atomic E-state index is 12.3. The van der Waals surface area contributed by atoms with E-state index in [9.17, 15) is 9.90 Å². The molecule has 19 heavy (non-hydrogen) atoms. The first-order valence-corrected chi connectivity index (χ1v) is 6.61. The van der Waals surface area contributed by atoms with Gasteiger partial charge < -0.3 is 14.7 Å². The number of nitrogens with zero attached hydrogens (tertiary/aromatic N) is 1. The van der Waals surface area contributed by atoms with Crippen LogP contribution in [0.4, 0.5) is 0 Å². The zero-order chi connectivity index (χ0) is 13.9. The quantitative estimate of drug-likeness (QED) is 0.905. The first kappa shape index (κ1) is 14.0. The highest BCUT2D eigenvalue weighted by atomic mass is 16.5. The van der Waals surface area contributed by atoms with Crippen LogP contribution in [0.15, 0.2) is 24.3 Å². The Labute approximate surface area is 114 Å². The van der Waals surface area contributed by atoms with Gasteiger partial charge in [-0.3, -0.25) is 4.79 Å². The Kier molecular flexibility index (Phi) is 4.22. The van der Waals surface area contributed by atoms with E-state index in [2.05, 4.69) is 0 Å². The molecule has 2 rings (SSSR count). The molecule has 0 saturated carbocycles. The van der Waals surface area contributed by atoms with Gasteiger partial charge in [-0.1, -0.05) is 12.1 Å². The molecule has 1 atom stereocenters. The molecule has 0 aromatic heterocycles. The second-order valence-corrected chi connectivity index (χ2v) is 5.46. The van der Waals surface area contributed by atoms with E-state index < -0.39 is 5.60 Å². The summed E-state index contributed by atoms with van der Waals surface area (Å²) in [5, 5.41) is 10.0. The fourth-order valence-corrected chi connectivity index (χ4v) is 2.49. The highest BCUT2D eigenvalue weighted by Gasteiger charge is 2.31. The van der Waals surface area contributed by atoms with Crippen LogP contribution in [-0.2, 0) is 11.3 Å². The molecule has 0 spiro atoms. The number of piperidine rings is 1. The van der Waals surface area contributed by atoms with Crippen LogP contribution in [0.25, 0.3) is 0 Å². The van der Waals surface area contributed by atoms with Crippen LogP contribution < -0.4 is 0 Å². The number of rotatable bonds is 3. The minimum Gasteiger partial charge on any atom is -0.388 e. The lowest BCUT2D eigenvalue weighted by atomic mass is 9.94. The average molecular weight is 263 g/mol. The van der Waals surface area contributed by atoms with Gasteiger partial charge in [0.2, 0.25) is 0 Å². The van der Waals surface area contributed by atoms with Gasteiger partial charge in [0.1, 0.15) is 0 Å². The van der Waals surface area contributed by atoms with Crippen molar-refractivity contribution in [1.82, 2.24) is 4.90 Å². The number of carbonyl (C=O) groups excluding carboxylic acids is 1. The standard InChI is InChI=1S/C15H21NO3/c1-15(18)8-3-9-16(11-15)14(17)13-6-4-12(5-7-13)10-19-2/h4-7,18H,3,8-11H2,1-2H3. The Balaban J connectivity index is 2.06. The molecule has 0 bridgehead atoms. The highest BCUT2D eigenvalue weighted by molar-refractivity contribution is 5.94. The van der Waals surface area contributed by atoms with Gasteiger partial charge in [-0.15, -0.1) is 0 Å². The molecule has 1 heterocycles. The van der Waals surface area contributed by atoms with Crippen molar-refractivity contribution in [3.8, 4) is 0 Å². The summed E-state index contributed by atoms with van der Waals surface area (Å²) < 4.78 is 5.04. The maximum Gasteiger partial charge on any atom is 0.253 e. The zero-order valence-electron chi connectivity index (χ0n) is 11.6. The van der Waals surface area contributed by atoms with Crippen LogP contribution in [-0.4, -0.2) is 41.7 Å². The molecule has 0 aliphatic carbocycles. The van der Waals surface area contributed by atoms with E-state index in [1.54, 1.807) is 18.9 Å². The van der Waals surface area contributed by atoms with Crippen LogP contribution in [0.2, 0.25) is 0 Å². The number of carbonyl (C=O) groups is 1. The third-order valence-electron chi connectivity index (χ3n) is 3.47. The van der Waals surface area contributed by atoms with E-state index in [0.717, 1.165) is 24.9 Å². The third-order valence-corrected chi connectivity index (χ3v) is 3.47. The van der Waals surface area contributed by atoms with Gasteiger partial charge in [0, 0.05) is 25.8 Å². The summed E-state index contributed by atoms with van der Waals surface area (Å²) >= 11 is 0. The lowest BCUT2D eigenvalue weighted by Crippen LogP contribution is -2.48. The van der Waals surface area contributed by atoms with E-state index in [0.29, 0.717) is 18.7 Å². The fraction of sp³-hybridized carbons (Fsp3) is 0.533. The minimum atomic E-state index is -0.760. The van der Waals surface area contributed by atoms with E-state index >= 15 is 0 Å². The van der Waals surface area contributed by atoms with Crippen molar-refractivity contribution in [2.45, 2.75) is 32.0 Å². The lowest BCUT2D eigenvalue weighted by Gasteiger charge is -2.36. The molecule has 4 nitrogen and oxygen atoms in total. The van der Waals surface area contributed by atoms with Crippen LogP contribution in [0, 0.1) is 0 Å². The first-order valence-electron chi connectivity index (χ1n) is 6.61. The molecule has 1 aliphatic rings. The van der Waals surface area contributed by atoms with Crippen LogP contribution in [0.1, 0.15) is 35.7 Å². The molecule has 1 fully saturated rings. The number of hydrogen-bond donors (Lipinski definition) is 1. The van der Waals surface area contributed by atoms with Gasteiger partial charge in [0.25, 0.3) is 5.91 Å². The van der Waals surface area contributed by atoms with Crippen molar-refractivity contribution in [3.63, 3.8) is 0 Å². The number of benzene rings is 1. The second kappa shape index (κ2) is 5.72. The number of likely N-dealkylation sites (tertiary alicyclic amines) is 1. The summed E-state index contributed by atoms with van der Waals surface area (Å²) in [6.07, 6.45) is 1.60. The Morgan fingerprint density at radius 1 is 1.42 bits per heavy atom. The van der Waals surface area contributed by atoms with Crippen molar-refractivity contribution in [2.75, 3.05) is 20.2 Å². The smallest absolute Gasteiger partial charge is 0.253 e. The number of amides is 1. The minimum absolute atomic E-state index is 0.0102. The molecule has 1 aromatic rings. The number of β-amino-alcohol motifs (C(OH)–C–C–N with tert-alkyl or cyclic N) is 1. The topological polar surface area (TPSA) is 49.8 Å². The van der Waals surface area contributed by atoms with Crippen molar-refractivity contribution >= 4 is 5.91 Å². The summed E-state index contributed by atoms with van der Waals surface area (Å²) in [4.78, 5) is 14.1. The molecular formula is C15H21NO3. The van der Waals surface area contributed by atoms with Gasteiger partial charge in [-0.05, 0) is 37.5 Å². The maximum absolute atomic E-state index is 12.3. The zero-order valence-corrected chi connectivity index (χ0v) is 11.6. The molecule has 104 valence electrons. The van der Waals surface area contributed by atoms with E-state index in [1.165, 1.54) is 0 Å². The van der Waals surface area contributed by atoms with E-state index in [4.69, 9.17) is 4.74 Å². The van der Waals surface area contributed by atoms with E-state index in [1.807, 2.05) is 24.3 Å². The molecule has 1 N–H and O–H groups in total. The monoisotopic (exact) mass is 263 g/mol. The largest absolute Gasteiger partial charge is 0.388 e. The molecular weight excluding hydrogens is 242 g/mol. The van der Waals surface area contributed by atoms with Gasteiger partial charge >= 0.3 is 0 Å². The highest BCUT2D eigenvalue weighted by Crippen LogP contribution is 2.22. The second-order valence-electron chi connectivity index (χ2n) is 5.46.